The highest BCUT2D eigenvalue weighted by atomic mass is 79.9. The molecule has 0 saturated heterocycles. The van der Waals surface area contributed by atoms with E-state index in [4.69, 9.17) is 4.74 Å². The monoisotopic (exact) mass is 390 g/mol. The van der Waals surface area contributed by atoms with Crippen LogP contribution in [-0.4, -0.2) is 25.5 Å². The molecule has 0 saturated carbocycles. The lowest BCUT2D eigenvalue weighted by Gasteiger charge is -2.10. The minimum Gasteiger partial charge on any atom is -0.483 e. The molecule has 0 aliphatic rings. The Morgan fingerprint density at radius 1 is 1.12 bits per heavy atom. The van der Waals surface area contributed by atoms with Gasteiger partial charge in [-0.05, 0) is 64.3 Å². The minimum atomic E-state index is -0.269. The average molecular weight is 391 g/mol. The number of hydrogen-bond donors (Lipinski definition) is 2. The third-order valence-corrected chi connectivity index (χ3v) is 4.04. The summed E-state index contributed by atoms with van der Waals surface area (Å²) in [6.45, 7) is 1.98. The Morgan fingerprint density at radius 3 is 2.42 bits per heavy atom. The molecule has 2 amide bonds. The van der Waals surface area contributed by atoms with Crippen LogP contribution in [0.5, 0.6) is 5.75 Å². The molecule has 5 nitrogen and oxygen atoms in total. The first-order valence-electron chi connectivity index (χ1n) is 7.56. The number of carbonyl (C=O) groups is 2. The van der Waals surface area contributed by atoms with Crippen LogP contribution in [0.1, 0.15) is 22.8 Å². The number of nitrogens with one attached hydrogen (secondary N) is 2. The largest absolute Gasteiger partial charge is 0.483 e. The van der Waals surface area contributed by atoms with Crippen molar-refractivity contribution in [3.8, 4) is 5.75 Å². The van der Waals surface area contributed by atoms with Crippen molar-refractivity contribution in [1.82, 2.24) is 5.32 Å². The van der Waals surface area contributed by atoms with E-state index in [9.17, 15) is 9.59 Å². The molecule has 126 valence electrons. The van der Waals surface area contributed by atoms with Crippen molar-refractivity contribution in [2.75, 3.05) is 19.0 Å². The topological polar surface area (TPSA) is 67.4 Å². The van der Waals surface area contributed by atoms with Gasteiger partial charge in [0.25, 0.3) is 11.8 Å². The number of ether oxygens (including phenoxy) is 1. The van der Waals surface area contributed by atoms with Crippen molar-refractivity contribution >= 4 is 33.4 Å². The molecule has 0 aromatic heterocycles. The Kier molecular flexibility index (Phi) is 6.37. The second-order valence-electron chi connectivity index (χ2n) is 5.11. The van der Waals surface area contributed by atoms with Gasteiger partial charge in [0.15, 0.2) is 6.61 Å². The molecular formula is C18H19BrN2O3. The van der Waals surface area contributed by atoms with Crippen molar-refractivity contribution in [1.29, 1.82) is 0 Å². The van der Waals surface area contributed by atoms with E-state index >= 15 is 0 Å². The lowest BCUT2D eigenvalue weighted by atomic mass is 10.2. The Hall–Kier alpha value is -2.34. The molecule has 0 bridgehead atoms. The van der Waals surface area contributed by atoms with Crippen molar-refractivity contribution in [2.24, 2.45) is 0 Å². The number of anilines is 1. The summed E-state index contributed by atoms with van der Waals surface area (Å²) >= 11 is 3.44. The molecule has 2 aromatic carbocycles. The second kappa shape index (κ2) is 8.49. The van der Waals surface area contributed by atoms with Crippen LogP contribution in [0.4, 0.5) is 5.69 Å². The van der Waals surface area contributed by atoms with Crippen LogP contribution >= 0.6 is 15.9 Å². The predicted octanol–water partition coefficient (Wildman–Crippen LogP) is 3.39. The predicted molar refractivity (Wildman–Crippen MR) is 97.5 cm³/mol. The number of rotatable bonds is 6. The molecule has 0 atom stereocenters. The van der Waals surface area contributed by atoms with E-state index < -0.39 is 0 Å². The van der Waals surface area contributed by atoms with Gasteiger partial charge in [0.2, 0.25) is 0 Å². The zero-order chi connectivity index (χ0) is 17.5. The van der Waals surface area contributed by atoms with E-state index in [-0.39, 0.29) is 18.4 Å². The van der Waals surface area contributed by atoms with Gasteiger partial charge >= 0.3 is 0 Å². The van der Waals surface area contributed by atoms with E-state index in [1.165, 1.54) is 5.56 Å². The molecule has 6 heteroatoms. The summed E-state index contributed by atoms with van der Waals surface area (Å²) in [5.74, 6) is 0.183. The smallest absolute Gasteiger partial charge is 0.262 e. The summed E-state index contributed by atoms with van der Waals surface area (Å²) in [5, 5.41) is 5.27. The minimum absolute atomic E-state index is 0.0960. The fourth-order valence-corrected chi connectivity index (χ4v) is 2.61. The van der Waals surface area contributed by atoms with Crippen LogP contribution in [0.2, 0.25) is 0 Å². The summed E-state index contributed by atoms with van der Waals surface area (Å²) in [4.78, 5) is 23.4. The van der Waals surface area contributed by atoms with Crippen molar-refractivity contribution in [3.63, 3.8) is 0 Å². The van der Waals surface area contributed by atoms with E-state index in [1.54, 1.807) is 31.3 Å². The Balaban J connectivity index is 1.90. The number of hydrogen-bond acceptors (Lipinski definition) is 3. The van der Waals surface area contributed by atoms with Gasteiger partial charge in [-0.1, -0.05) is 13.0 Å². The van der Waals surface area contributed by atoms with Crippen LogP contribution in [0.3, 0.4) is 0 Å². The zero-order valence-corrected chi connectivity index (χ0v) is 15.1. The van der Waals surface area contributed by atoms with Crippen molar-refractivity contribution in [2.45, 2.75) is 13.3 Å². The third kappa shape index (κ3) is 4.83. The van der Waals surface area contributed by atoms with Gasteiger partial charge in [0.1, 0.15) is 5.75 Å². The van der Waals surface area contributed by atoms with Gasteiger partial charge in [-0.25, -0.2) is 0 Å². The molecule has 0 unspecified atom stereocenters. The fraction of sp³-hybridized carbons (Fsp3) is 0.222. The number of amides is 2. The molecular weight excluding hydrogens is 372 g/mol. The van der Waals surface area contributed by atoms with E-state index in [1.807, 2.05) is 18.2 Å². The summed E-state index contributed by atoms with van der Waals surface area (Å²) < 4.78 is 6.35. The quantitative estimate of drug-likeness (QED) is 0.794. The highest BCUT2D eigenvalue weighted by Gasteiger charge is 2.08. The average Bonchev–Trinajstić information content (AvgIpc) is 2.60. The molecule has 0 spiro atoms. The molecule has 2 aromatic rings. The maximum absolute atomic E-state index is 12.0. The molecule has 24 heavy (non-hydrogen) atoms. The van der Waals surface area contributed by atoms with Crippen molar-refractivity contribution < 1.29 is 14.3 Å². The van der Waals surface area contributed by atoms with Gasteiger partial charge in [0, 0.05) is 18.3 Å². The van der Waals surface area contributed by atoms with Gasteiger partial charge in [-0.15, -0.1) is 0 Å². The normalized spacial score (nSPS) is 10.1. The second-order valence-corrected chi connectivity index (χ2v) is 5.97. The number of benzene rings is 2. The van der Waals surface area contributed by atoms with Gasteiger partial charge in [-0.3, -0.25) is 9.59 Å². The lowest BCUT2D eigenvalue weighted by molar-refractivity contribution is -0.118. The molecule has 0 radical (unpaired) electrons. The molecule has 2 N–H and O–H groups in total. The lowest BCUT2D eigenvalue weighted by Crippen LogP contribution is -2.21. The van der Waals surface area contributed by atoms with Gasteiger partial charge < -0.3 is 15.4 Å². The first-order valence-corrected chi connectivity index (χ1v) is 8.36. The summed E-state index contributed by atoms with van der Waals surface area (Å²) in [6.07, 6.45) is 0.936. The molecule has 0 fully saturated rings. The Bertz CT molecular complexity index is 730. The van der Waals surface area contributed by atoms with Crippen LogP contribution in [-0.2, 0) is 11.2 Å². The Morgan fingerprint density at radius 2 is 1.83 bits per heavy atom. The molecule has 0 heterocycles. The van der Waals surface area contributed by atoms with E-state index in [0.29, 0.717) is 17.0 Å². The van der Waals surface area contributed by atoms with Crippen LogP contribution in [0, 0.1) is 0 Å². The van der Waals surface area contributed by atoms with Gasteiger partial charge in [0.05, 0.1) is 4.47 Å². The first kappa shape index (κ1) is 18.0. The van der Waals surface area contributed by atoms with Gasteiger partial charge in [-0.2, -0.15) is 0 Å². The number of halogens is 1. The van der Waals surface area contributed by atoms with Crippen LogP contribution in [0.15, 0.2) is 46.9 Å². The molecule has 2 rings (SSSR count). The maximum Gasteiger partial charge on any atom is 0.262 e. The highest BCUT2D eigenvalue weighted by Crippen LogP contribution is 2.26. The Labute approximate surface area is 149 Å². The summed E-state index contributed by atoms with van der Waals surface area (Å²) in [7, 11) is 1.57. The van der Waals surface area contributed by atoms with E-state index in [2.05, 4.69) is 33.5 Å². The standard InChI is InChI=1S/C18H19BrN2O3/c1-3-12-4-9-16(15(19)10-12)24-11-17(22)21-14-7-5-13(6-8-14)18(23)20-2/h4-10H,3,11H2,1-2H3,(H,20,23)(H,21,22). The first-order chi connectivity index (χ1) is 11.5. The van der Waals surface area contributed by atoms with E-state index in [0.717, 1.165) is 10.9 Å². The summed E-state index contributed by atoms with van der Waals surface area (Å²) in [5.41, 5.74) is 2.33. The molecule has 0 aliphatic carbocycles. The number of aryl methyl sites for hydroxylation is 1. The highest BCUT2D eigenvalue weighted by molar-refractivity contribution is 9.10. The maximum atomic E-state index is 12.0. The molecule has 0 aliphatic heterocycles. The number of carbonyl (C=O) groups excluding carboxylic acids is 2. The SMILES string of the molecule is CCc1ccc(OCC(=O)Nc2ccc(C(=O)NC)cc2)c(Br)c1. The fourth-order valence-electron chi connectivity index (χ4n) is 2.07. The third-order valence-electron chi connectivity index (χ3n) is 3.42. The van der Waals surface area contributed by atoms with Crippen LogP contribution < -0.4 is 15.4 Å². The van der Waals surface area contributed by atoms with Crippen LogP contribution in [0.25, 0.3) is 0 Å². The van der Waals surface area contributed by atoms with Crippen molar-refractivity contribution in [3.05, 3.63) is 58.1 Å². The summed E-state index contributed by atoms with van der Waals surface area (Å²) in [6, 6.07) is 12.4. The zero-order valence-electron chi connectivity index (χ0n) is 13.6.